The lowest BCUT2D eigenvalue weighted by molar-refractivity contribution is 0.415. The second-order valence-corrected chi connectivity index (χ2v) is 5.71. The summed E-state index contributed by atoms with van der Waals surface area (Å²) in [7, 11) is 4.21. The minimum absolute atomic E-state index is 0.952. The molecule has 21 heavy (non-hydrogen) atoms. The predicted octanol–water partition coefficient (Wildman–Crippen LogP) is 2.33. The van der Waals surface area contributed by atoms with Gasteiger partial charge in [-0.25, -0.2) is 0 Å². The third kappa shape index (κ3) is 3.17. The van der Waals surface area contributed by atoms with Crippen molar-refractivity contribution < 1.29 is 4.74 Å². The Morgan fingerprint density at radius 3 is 2.81 bits per heavy atom. The molecule has 1 aliphatic carbocycles. The van der Waals surface area contributed by atoms with E-state index in [-0.39, 0.29) is 0 Å². The minimum atomic E-state index is 0.952. The summed E-state index contributed by atoms with van der Waals surface area (Å²) < 4.78 is 5.88. The summed E-state index contributed by atoms with van der Waals surface area (Å²) in [5, 5.41) is 2.35. The van der Waals surface area contributed by atoms with Gasteiger partial charge in [-0.05, 0) is 49.9 Å². The number of hydrogen-bond acceptors (Lipinski definition) is 2. The fourth-order valence-electron chi connectivity index (χ4n) is 2.64. The van der Waals surface area contributed by atoms with E-state index in [1.165, 1.54) is 16.4 Å². The van der Waals surface area contributed by atoms with Crippen molar-refractivity contribution in [3.05, 3.63) is 69.8 Å². The smallest absolute Gasteiger partial charge is 0.133 e. The van der Waals surface area contributed by atoms with Crippen LogP contribution in [0, 0.1) is 0 Å². The Morgan fingerprint density at radius 2 is 2.00 bits per heavy atom. The molecule has 2 heteroatoms. The van der Waals surface area contributed by atoms with Gasteiger partial charge < -0.3 is 9.64 Å². The van der Waals surface area contributed by atoms with Crippen molar-refractivity contribution in [2.45, 2.75) is 12.8 Å². The van der Waals surface area contributed by atoms with Crippen LogP contribution < -0.4 is 10.4 Å². The number of hydrogen-bond donors (Lipinski definition) is 0. The second kappa shape index (κ2) is 6.15. The van der Waals surface area contributed by atoms with E-state index in [2.05, 4.69) is 61.5 Å². The first-order chi connectivity index (χ1) is 10.2. The van der Waals surface area contributed by atoms with Crippen LogP contribution in [-0.2, 0) is 4.74 Å². The van der Waals surface area contributed by atoms with Crippen LogP contribution in [-0.4, -0.2) is 25.5 Å². The normalized spacial score (nSPS) is 18.5. The molecule has 0 amide bonds. The van der Waals surface area contributed by atoms with Crippen molar-refractivity contribution in [2.24, 2.45) is 0 Å². The summed E-state index contributed by atoms with van der Waals surface area (Å²) >= 11 is 0. The van der Waals surface area contributed by atoms with Crippen LogP contribution in [0.1, 0.15) is 12.8 Å². The van der Waals surface area contributed by atoms with Gasteiger partial charge in [0.2, 0.25) is 0 Å². The number of fused-ring (bicyclic) bond motifs is 1. The summed E-state index contributed by atoms with van der Waals surface area (Å²) in [5.74, 6) is 0.952. The van der Waals surface area contributed by atoms with Crippen LogP contribution in [0.2, 0.25) is 0 Å². The monoisotopic (exact) mass is 279 g/mol. The molecule has 1 heterocycles. The van der Waals surface area contributed by atoms with Gasteiger partial charge in [-0.1, -0.05) is 36.4 Å². The van der Waals surface area contributed by atoms with Crippen LogP contribution in [0.3, 0.4) is 0 Å². The zero-order valence-electron chi connectivity index (χ0n) is 12.7. The molecular weight excluding hydrogens is 258 g/mol. The Balaban J connectivity index is 1.98. The van der Waals surface area contributed by atoms with Crippen molar-refractivity contribution in [3.63, 3.8) is 0 Å². The van der Waals surface area contributed by atoms with E-state index in [0.29, 0.717) is 0 Å². The van der Waals surface area contributed by atoms with Gasteiger partial charge >= 0.3 is 0 Å². The lowest BCUT2D eigenvalue weighted by Crippen LogP contribution is -2.23. The van der Waals surface area contributed by atoms with Gasteiger partial charge in [-0.2, -0.15) is 0 Å². The molecule has 0 aromatic heterocycles. The third-order valence-electron chi connectivity index (χ3n) is 3.79. The summed E-state index contributed by atoms with van der Waals surface area (Å²) in [4.78, 5) is 2.21. The molecule has 0 fully saturated rings. The molecule has 0 bridgehead atoms. The lowest BCUT2D eigenvalue weighted by atomic mass is 9.94. The third-order valence-corrected chi connectivity index (χ3v) is 3.79. The van der Waals surface area contributed by atoms with Crippen molar-refractivity contribution in [1.29, 1.82) is 0 Å². The van der Waals surface area contributed by atoms with Crippen LogP contribution in [0.15, 0.2) is 59.4 Å². The molecular formula is C19H21NO. The van der Waals surface area contributed by atoms with Gasteiger partial charge in [0, 0.05) is 17.3 Å². The maximum absolute atomic E-state index is 5.88. The zero-order chi connectivity index (χ0) is 14.7. The molecule has 0 saturated carbocycles. The summed E-state index contributed by atoms with van der Waals surface area (Å²) in [6.45, 7) is 1.07. The van der Waals surface area contributed by atoms with Gasteiger partial charge in [-0.15, -0.1) is 0 Å². The average Bonchev–Trinajstić information content (AvgIpc) is 2.67. The van der Waals surface area contributed by atoms with E-state index in [0.717, 1.165) is 30.4 Å². The Hall–Kier alpha value is -2.06. The first-order valence-corrected chi connectivity index (χ1v) is 7.42. The van der Waals surface area contributed by atoms with Gasteiger partial charge in [-0.3, -0.25) is 0 Å². The molecule has 0 spiro atoms. The molecule has 3 rings (SSSR count). The van der Waals surface area contributed by atoms with E-state index in [9.17, 15) is 0 Å². The molecule has 0 N–H and O–H groups in total. The molecule has 2 nitrogen and oxygen atoms in total. The van der Waals surface area contributed by atoms with Gasteiger partial charge in [0.1, 0.15) is 5.76 Å². The number of allylic oxidation sites excluding steroid dienone is 4. The molecule has 0 radical (unpaired) electrons. The number of rotatable bonds is 3. The van der Waals surface area contributed by atoms with Crippen molar-refractivity contribution in [1.82, 2.24) is 4.90 Å². The Labute approximate surface area is 126 Å². The second-order valence-electron chi connectivity index (χ2n) is 5.71. The molecule has 1 aromatic rings. The van der Waals surface area contributed by atoms with E-state index >= 15 is 0 Å². The topological polar surface area (TPSA) is 12.5 Å². The van der Waals surface area contributed by atoms with Crippen molar-refractivity contribution in [3.8, 4) is 0 Å². The molecule has 1 aliphatic heterocycles. The highest BCUT2D eigenvalue weighted by Crippen LogP contribution is 2.27. The van der Waals surface area contributed by atoms with Crippen LogP contribution >= 0.6 is 0 Å². The first kappa shape index (κ1) is 13.9. The van der Waals surface area contributed by atoms with Crippen LogP contribution in [0.5, 0.6) is 0 Å². The quantitative estimate of drug-likeness (QED) is 0.842. The van der Waals surface area contributed by atoms with Crippen molar-refractivity contribution in [2.75, 3.05) is 20.6 Å². The van der Waals surface area contributed by atoms with E-state index < -0.39 is 0 Å². The van der Waals surface area contributed by atoms with Crippen molar-refractivity contribution >= 4 is 12.3 Å². The number of benzene rings is 1. The highest BCUT2D eigenvalue weighted by atomic mass is 16.5. The molecule has 0 saturated heterocycles. The van der Waals surface area contributed by atoms with Gasteiger partial charge in [0.15, 0.2) is 0 Å². The number of ether oxygens (including phenoxy) is 1. The largest absolute Gasteiger partial charge is 0.464 e. The Kier molecular flexibility index (Phi) is 4.07. The first-order valence-electron chi connectivity index (χ1n) is 7.42. The molecule has 108 valence electrons. The fraction of sp³-hybridized carbons (Fsp3) is 0.263. The van der Waals surface area contributed by atoms with E-state index in [1.807, 2.05) is 12.3 Å². The molecule has 0 unspecified atom stereocenters. The van der Waals surface area contributed by atoms with E-state index in [4.69, 9.17) is 4.74 Å². The van der Waals surface area contributed by atoms with Gasteiger partial charge in [0.25, 0.3) is 0 Å². The summed E-state index contributed by atoms with van der Waals surface area (Å²) in [5.41, 5.74) is 2.58. The molecule has 2 aliphatic rings. The fourth-order valence-corrected chi connectivity index (χ4v) is 2.64. The minimum Gasteiger partial charge on any atom is -0.464 e. The van der Waals surface area contributed by atoms with Crippen LogP contribution in [0.25, 0.3) is 12.3 Å². The number of nitrogens with zero attached hydrogens (tertiary/aromatic N) is 1. The Bertz CT molecular complexity index is 735. The highest BCUT2D eigenvalue weighted by molar-refractivity contribution is 5.64. The maximum atomic E-state index is 5.88. The summed E-state index contributed by atoms with van der Waals surface area (Å²) in [6, 6.07) is 8.34. The maximum Gasteiger partial charge on any atom is 0.133 e. The lowest BCUT2D eigenvalue weighted by Gasteiger charge is -2.15. The molecule has 1 aromatic carbocycles. The van der Waals surface area contributed by atoms with E-state index in [1.54, 1.807) is 0 Å². The zero-order valence-corrected chi connectivity index (χ0v) is 12.7. The SMILES string of the molecule is CN(C)CCC=C1CC=CC2=C1C=c1ccccc1=CO2. The Morgan fingerprint density at radius 1 is 1.19 bits per heavy atom. The van der Waals surface area contributed by atoms with Gasteiger partial charge in [0.05, 0.1) is 6.26 Å². The van der Waals surface area contributed by atoms with Crippen LogP contribution in [0.4, 0.5) is 0 Å². The molecule has 0 atom stereocenters. The predicted molar refractivity (Wildman–Crippen MR) is 87.7 cm³/mol. The standard InChI is InChI=1S/C19H21NO/c1-20(2)12-6-10-15-9-5-11-19-18(15)13-16-7-3-4-8-17(16)14-21-19/h3-5,7-8,10-11,13-14H,6,9,12H2,1-2H3. The average molecular weight is 279 g/mol. The summed E-state index contributed by atoms with van der Waals surface area (Å²) in [6.07, 6.45) is 12.7. The highest BCUT2D eigenvalue weighted by Gasteiger charge is 2.14.